The van der Waals surface area contributed by atoms with E-state index < -0.39 is 4.92 Å². The van der Waals surface area contributed by atoms with E-state index in [2.05, 4.69) is 0 Å². The van der Waals surface area contributed by atoms with Gasteiger partial charge in [-0.3, -0.25) is 10.1 Å². The van der Waals surface area contributed by atoms with Crippen molar-refractivity contribution in [2.45, 2.75) is 20.3 Å². The zero-order valence-corrected chi connectivity index (χ0v) is 9.27. The number of nitro groups is 1. The van der Waals surface area contributed by atoms with E-state index in [0.29, 0.717) is 5.56 Å². The summed E-state index contributed by atoms with van der Waals surface area (Å²) in [6.45, 7) is 3.64. The zero-order valence-electron chi connectivity index (χ0n) is 9.27. The molecule has 84 valence electrons. The van der Waals surface area contributed by atoms with Crippen LogP contribution in [0.3, 0.4) is 0 Å². The van der Waals surface area contributed by atoms with Gasteiger partial charge in [-0.05, 0) is 25.0 Å². The van der Waals surface area contributed by atoms with Gasteiger partial charge in [0.25, 0.3) is 5.69 Å². The highest BCUT2D eigenvalue weighted by Gasteiger charge is 2.14. The molecule has 1 rings (SSSR count). The van der Waals surface area contributed by atoms with Crippen LogP contribution in [-0.4, -0.2) is 11.2 Å². The van der Waals surface area contributed by atoms with Crippen LogP contribution in [0.15, 0.2) is 18.2 Å². The Balaban J connectivity index is 3.24. The normalized spacial score (nSPS) is 10.6. The van der Waals surface area contributed by atoms with Gasteiger partial charge in [-0.15, -0.1) is 0 Å². The number of rotatable bonds is 4. The van der Waals surface area contributed by atoms with Crippen molar-refractivity contribution >= 4 is 18.0 Å². The second-order valence-corrected chi connectivity index (χ2v) is 3.58. The van der Waals surface area contributed by atoms with E-state index >= 15 is 0 Å². The molecule has 0 saturated carbocycles. The molecule has 1 aromatic carbocycles. The molecule has 0 aliphatic carbocycles. The van der Waals surface area contributed by atoms with Gasteiger partial charge in [0.05, 0.1) is 10.5 Å². The Bertz CT molecular complexity index is 450. The highest BCUT2D eigenvalue weighted by Crippen LogP contribution is 2.25. The van der Waals surface area contributed by atoms with Gasteiger partial charge in [-0.2, -0.15) is 0 Å². The number of carbonyl (C=O) groups is 1. The molecule has 0 saturated heterocycles. The first kappa shape index (κ1) is 12.1. The molecule has 4 nitrogen and oxygen atoms in total. The molecular weight excluding hydrogens is 206 g/mol. The average Bonchev–Trinajstić information content (AvgIpc) is 2.20. The lowest BCUT2D eigenvalue weighted by Crippen LogP contribution is -1.95. The number of carbonyl (C=O) groups excluding carboxylic acids is 1. The molecule has 0 bridgehead atoms. The number of aldehydes is 1. The molecule has 0 spiro atoms. The van der Waals surface area contributed by atoms with Crippen molar-refractivity contribution in [3.63, 3.8) is 0 Å². The van der Waals surface area contributed by atoms with Crippen molar-refractivity contribution in [2.75, 3.05) is 0 Å². The van der Waals surface area contributed by atoms with E-state index in [4.69, 9.17) is 0 Å². The van der Waals surface area contributed by atoms with E-state index in [9.17, 15) is 14.9 Å². The summed E-state index contributed by atoms with van der Waals surface area (Å²) in [5, 5.41) is 10.9. The summed E-state index contributed by atoms with van der Waals surface area (Å²) in [7, 11) is 0. The van der Waals surface area contributed by atoms with Gasteiger partial charge in [0.1, 0.15) is 6.29 Å². The number of hydrogen-bond donors (Lipinski definition) is 0. The van der Waals surface area contributed by atoms with Crippen molar-refractivity contribution < 1.29 is 9.72 Å². The second kappa shape index (κ2) is 5.21. The Hall–Kier alpha value is -1.97. The van der Waals surface area contributed by atoms with Crippen LogP contribution < -0.4 is 0 Å². The van der Waals surface area contributed by atoms with Crippen molar-refractivity contribution in [2.24, 2.45) is 0 Å². The first-order valence-electron chi connectivity index (χ1n) is 4.92. The largest absolute Gasteiger partial charge is 0.303 e. The molecule has 1 aromatic rings. The summed E-state index contributed by atoms with van der Waals surface area (Å²) in [6.07, 6.45) is 4.27. The number of hydrogen-bond acceptors (Lipinski definition) is 3. The summed E-state index contributed by atoms with van der Waals surface area (Å²) in [5.41, 5.74) is 2.35. The van der Waals surface area contributed by atoms with E-state index in [0.717, 1.165) is 17.4 Å². The summed E-state index contributed by atoms with van der Waals surface area (Å²) in [4.78, 5) is 20.6. The number of benzene rings is 1. The van der Waals surface area contributed by atoms with Crippen LogP contribution in [0.1, 0.15) is 23.1 Å². The molecule has 0 amide bonds. The predicted octanol–water partition coefficient (Wildman–Crippen LogP) is 2.81. The van der Waals surface area contributed by atoms with Crippen LogP contribution >= 0.6 is 0 Å². The van der Waals surface area contributed by atoms with Gasteiger partial charge in [0, 0.05) is 12.5 Å². The van der Waals surface area contributed by atoms with E-state index in [-0.39, 0.29) is 12.1 Å². The van der Waals surface area contributed by atoms with Gasteiger partial charge >= 0.3 is 0 Å². The monoisotopic (exact) mass is 219 g/mol. The lowest BCUT2D eigenvalue weighted by atomic mass is 10.0. The second-order valence-electron chi connectivity index (χ2n) is 3.58. The van der Waals surface area contributed by atoms with Crippen molar-refractivity contribution in [3.8, 4) is 0 Å². The fourth-order valence-corrected chi connectivity index (χ4v) is 1.57. The molecule has 0 heterocycles. The minimum absolute atomic E-state index is 0.0830. The zero-order chi connectivity index (χ0) is 12.1. The first-order chi connectivity index (χ1) is 7.56. The molecule has 16 heavy (non-hydrogen) atoms. The van der Waals surface area contributed by atoms with E-state index in [1.54, 1.807) is 12.2 Å². The third-order valence-corrected chi connectivity index (χ3v) is 2.22. The molecule has 0 aliphatic rings. The Morgan fingerprint density at radius 1 is 1.38 bits per heavy atom. The van der Waals surface area contributed by atoms with E-state index in [1.807, 2.05) is 19.9 Å². The van der Waals surface area contributed by atoms with Crippen LogP contribution in [0.5, 0.6) is 0 Å². The molecule has 0 atom stereocenters. The molecule has 0 aromatic heterocycles. The maximum Gasteiger partial charge on any atom is 0.277 e. The van der Waals surface area contributed by atoms with Crippen LogP contribution in [-0.2, 0) is 4.79 Å². The van der Waals surface area contributed by atoms with Crippen LogP contribution in [0, 0.1) is 24.0 Å². The average molecular weight is 219 g/mol. The smallest absolute Gasteiger partial charge is 0.277 e. The summed E-state index contributed by atoms with van der Waals surface area (Å²) >= 11 is 0. The van der Waals surface area contributed by atoms with Crippen molar-refractivity contribution in [1.82, 2.24) is 0 Å². The summed E-state index contributed by atoms with van der Waals surface area (Å²) < 4.78 is 0. The van der Waals surface area contributed by atoms with Crippen molar-refractivity contribution in [3.05, 3.63) is 45.0 Å². The predicted molar refractivity (Wildman–Crippen MR) is 62.3 cm³/mol. The highest BCUT2D eigenvalue weighted by atomic mass is 16.6. The van der Waals surface area contributed by atoms with Gasteiger partial charge in [0.2, 0.25) is 0 Å². The van der Waals surface area contributed by atoms with Crippen LogP contribution in [0.25, 0.3) is 6.08 Å². The lowest BCUT2D eigenvalue weighted by molar-refractivity contribution is -0.385. The highest BCUT2D eigenvalue weighted by molar-refractivity contribution is 5.67. The molecule has 4 heteroatoms. The standard InChI is InChI=1S/C12H13NO3/c1-9-7-10(2)11(5-3-4-6-14)12(8-9)13(15)16/h3,5-8H,4H2,1-2H3. The minimum Gasteiger partial charge on any atom is -0.303 e. The first-order valence-corrected chi connectivity index (χ1v) is 4.92. The van der Waals surface area contributed by atoms with Gasteiger partial charge < -0.3 is 4.79 Å². The third-order valence-electron chi connectivity index (χ3n) is 2.22. The molecule has 0 radical (unpaired) electrons. The fourth-order valence-electron chi connectivity index (χ4n) is 1.57. The third kappa shape index (κ3) is 2.76. The molecule has 0 fully saturated rings. The Morgan fingerprint density at radius 3 is 2.62 bits per heavy atom. The summed E-state index contributed by atoms with van der Waals surface area (Å²) in [5.74, 6) is 0. The fraction of sp³-hybridized carbons (Fsp3) is 0.250. The minimum atomic E-state index is -0.402. The SMILES string of the molecule is Cc1cc(C)c(C=CCC=O)c([N+](=O)[O-])c1. The van der Waals surface area contributed by atoms with Gasteiger partial charge in [-0.1, -0.05) is 18.2 Å². The van der Waals surface area contributed by atoms with E-state index in [1.165, 1.54) is 6.07 Å². The number of nitro benzene ring substituents is 1. The van der Waals surface area contributed by atoms with Crippen molar-refractivity contribution in [1.29, 1.82) is 0 Å². The molecular formula is C12H13NO3. The Kier molecular flexibility index (Phi) is 3.94. The summed E-state index contributed by atoms with van der Waals surface area (Å²) in [6, 6.07) is 3.42. The number of nitrogens with zero attached hydrogens (tertiary/aromatic N) is 1. The maximum absolute atomic E-state index is 10.9. The van der Waals surface area contributed by atoms with Crippen LogP contribution in [0.4, 0.5) is 5.69 Å². The molecule has 0 unspecified atom stereocenters. The topological polar surface area (TPSA) is 60.2 Å². The lowest BCUT2D eigenvalue weighted by Gasteiger charge is -2.03. The number of allylic oxidation sites excluding steroid dienone is 1. The molecule has 0 aliphatic heterocycles. The Labute approximate surface area is 93.7 Å². The van der Waals surface area contributed by atoms with Gasteiger partial charge in [0.15, 0.2) is 0 Å². The number of aryl methyl sites for hydroxylation is 2. The quantitative estimate of drug-likeness (QED) is 0.444. The maximum atomic E-state index is 10.9. The Morgan fingerprint density at radius 2 is 2.06 bits per heavy atom. The van der Waals surface area contributed by atoms with Gasteiger partial charge in [-0.25, -0.2) is 0 Å². The molecule has 0 N–H and O–H groups in total. The van der Waals surface area contributed by atoms with Crippen LogP contribution in [0.2, 0.25) is 0 Å².